The number of halogens is 2. The number of tetrazole rings is 1. The fraction of sp³-hybridized carbons (Fsp3) is 0.125. The van der Waals surface area contributed by atoms with Gasteiger partial charge in [-0.3, -0.25) is 4.79 Å². The number of nitrogens with two attached hydrogens (primary N) is 1. The summed E-state index contributed by atoms with van der Waals surface area (Å²) in [6, 6.07) is 12.3. The van der Waals surface area contributed by atoms with Gasteiger partial charge in [0.05, 0.1) is 11.3 Å². The molecule has 3 rings (SSSR count). The Balaban J connectivity index is 1.76. The van der Waals surface area contributed by atoms with E-state index in [0.717, 1.165) is 0 Å². The van der Waals surface area contributed by atoms with Gasteiger partial charge in [0, 0.05) is 0 Å². The van der Waals surface area contributed by atoms with Crippen LogP contribution in [0.15, 0.2) is 48.5 Å². The topological polar surface area (TPSA) is 105 Å². The number of nitrogens with zero attached hydrogens (tertiary/aromatic N) is 4. The number of primary amides is 1. The first-order valence-electron chi connectivity index (χ1n) is 7.38. The van der Waals surface area contributed by atoms with E-state index in [9.17, 15) is 13.6 Å². The summed E-state index contributed by atoms with van der Waals surface area (Å²) in [4.78, 5) is 11.4. The van der Waals surface area contributed by atoms with Crippen LogP contribution in [0.4, 0.5) is 8.78 Å². The van der Waals surface area contributed by atoms with Crippen LogP contribution < -0.4 is 15.2 Å². The Morgan fingerprint density at radius 1 is 1.15 bits per heavy atom. The number of aromatic nitrogens is 4. The van der Waals surface area contributed by atoms with Gasteiger partial charge in [-0.05, 0) is 46.8 Å². The van der Waals surface area contributed by atoms with E-state index in [2.05, 4.69) is 20.3 Å². The lowest BCUT2D eigenvalue weighted by molar-refractivity contribution is -0.0498. The van der Waals surface area contributed by atoms with Crippen molar-refractivity contribution < 1.29 is 23.0 Å². The van der Waals surface area contributed by atoms with Gasteiger partial charge >= 0.3 is 6.61 Å². The third kappa shape index (κ3) is 3.91. The van der Waals surface area contributed by atoms with Crippen molar-refractivity contribution in [2.24, 2.45) is 5.73 Å². The smallest absolute Gasteiger partial charge is 0.387 e. The van der Waals surface area contributed by atoms with E-state index in [-0.39, 0.29) is 17.9 Å². The molecule has 134 valence electrons. The average molecular weight is 361 g/mol. The van der Waals surface area contributed by atoms with Crippen LogP contribution in [0.2, 0.25) is 0 Å². The van der Waals surface area contributed by atoms with Gasteiger partial charge in [0.1, 0.15) is 18.1 Å². The van der Waals surface area contributed by atoms with Gasteiger partial charge in [0.2, 0.25) is 0 Å². The first kappa shape index (κ1) is 17.3. The van der Waals surface area contributed by atoms with E-state index in [1.807, 2.05) is 0 Å². The highest BCUT2D eigenvalue weighted by Gasteiger charge is 2.13. The number of carbonyl (C=O) groups is 1. The van der Waals surface area contributed by atoms with Gasteiger partial charge in [-0.25, -0.2) is 0 Å². The average Bonchev–Trinajstić information content (AvgIpc) is 3.09. The third-order valence-electron chi connectivity index (χ3n) is 3.35. The summed E-state index contributed by atoms with van der Waals surface area (Å²) < 4.78 is 35.7. The van der Waals surface area contributed by atoms with E-state index in [1.165, 1.54) is 28.9 Å². The highest BCUT2D eigenvalue weighted by molar-refractivity contribution is 5.95. The van der Waals surface area contributed by atoms with Crippen LogP contribution in [0.1, 0.15) is 16.2 Å². The number of carbonyl (C=O) groups excluding carboxylic acids is 1. The number of amides is 1. The summed E-state index contributed by atoms with van der Waals surface area (Å²) in [5.41, 5.74) is 6.07. The zero-order valence-electron chi connectivity index (χ0n) is 13.3. The molecule has 0 aliphatic rings. The number of benzene rings is 2. The van der Waals surface area contributed by atoms with Crippen molar-refractivity contribution in [3.05, 3.63) is 59.9 Å². The molecule has 0 bridgehead atoms. The number of hydrogen-bond acceptors (Lipinski definition) is 6. The largest absolute Gasteiger partial charge is 0.485 e. The maximum atomic E-state index is 12.2. The third-order valence-corrected chi connectivity index (χ3v) is 3.35. The van der Waals surface area contributed by atoms with Gasteiger partial charge in [0.25, 0.3) is 5.91 Å². The second kappa shape index (κ2) is 7.55. The molecule has 3 aromatic rings. The maximum absolute atomic E-state index is 12.2. The lowest BCUT2D eigenvalue weighted by Gasteiger charge is -2.10. The van der Waals surface area contributed by atoms with Crippen LogP contribution in [0.5, 0.6) is 11.5 Å². The van der Waals surface area contributed by atoms with Gasteiger partial charge in [-0.2, -0.15) is 13.5 Å². The standard InChI is InChI=1S/C16H13F2N5O3/c17-16(18)26-11-7-5-10(6-8-11)23-14(20-21-22-23)9-25-13-4-2-1-3-12(13)15(19)24/h1-8,16H,9H2,(H2,19,24). The lowest BCUT2D eigenvalue weighted by Crippen LogP contribution is -2.14. The molecule has 2 aromatic carbocycles. The van der Waals surface area contributed by atoms with Crippen LogP contribution in [0.25, 0.3) is 5.69 Å². The molecule has 0 aliphatic carbocycles. The van der Waals surface area contributed by atoms with E-state index < -0.39 is 12.5 Å². The van der Waals surface area contributed by atoms with Crippen molar-refractivity contribution in [2.75, 3.05) is 0 Å². The minimum Gasteiger partial charge on any atom is -0.485 e. The van der Waals surface area contributed by atoms with Crippen LogP contribution >= 0.6 is 0 Å². The van der Waals surface area contributed by atoms with Crippen molar-refractivity contribution in [1.82, 2.24) is 20.2 Å². The molecule has 0 atom stereocenters. The van der Waals surface area contributed by atoms with Gasteiger partial charge in [-0.1, -0.05) is 12.1 Å². The molecule has 10 heteroatoms. The summed E-state index contributed by atoms with van der Waals surface area (Å²) in [6.45, 7) is -2.93. The summed E-state index contributed by atoms with van der Waals surface area (Å²) in [7, 11) is 0. The molecule has 1 heterocycles. The molecule has 0 unspecified atom stereocenters. The number of ether oxygens (including phenoxy) is 2. The quantitative estimate of drug-likeness (QED) is 0.689. The van der Waals surface area contributed by atoms with Crippen LogP contribution in [0.3, 0.4) is 0 Å². The van der Waals surface area contributed by atoms with E-state index in [1.54, 1.807) is 24.3 Å². The molecule has 26 heavy (non-hydrogen) atoms. The fourth-order valence-electron chi connectivity index (χ4n) is 2.20. The Kier molecular flexibility index (Phi) is 5.02. The minimum absolute atomic E-state index is 0.0185. The Labute approximate surface area is 146 Å². The summed E-state index contributed by atoms with van der Waals surface area (Å²) >= 11 is 0. The van der Waals surface area contributed by atoms with Crippen molar-refractivity contribution in [3.63, 3.8) is 0 Å². The molecule has 0 saturated carbocycles. The van der Waals surface area contributed by atoms with E-state index >= 15 is 0 Å². The lowest BCUT2D eigenvalue weighted by atomic mass is 10.2. The van der Waals surface area contributed by atoms with Gasteiger partial charge < -0.3 is 15.2 Å². The van der Waals surface area contributed by atoms with Crippen molar-refractivity contribution in [2.45, 2.75) is 13.2 Å². The zero-order valence-corrected chi connectivity index (χ0v) is 13.3. The van der Waals surface area contributed by atoms with Crippen LogP contribution in [-0.4, -0.2) is 32.7 Å². The minimum atomic E-state index is -2.90. The predicted molar refractivity (Wildman–Crippen MR) is 85.1 cm³/mol. The monoisotopic (exact) mass is 361 g/mol. The number of alkyl halides is 2. The van der Waals surface area contributed by atoms with E-state index in [4.69, 9.17) is 10.5 Å². The van der Waals surface area contributed by atoms with Gasteiger partial charge in [0.15, 0.2) is 5.82 Å². The second-order valence-corrected chi connectivity index (χ2v) is 5.03. The van der Waals surface area contributed by atoms with Crippen molar-refractivity contribution in [1.29, 1.82) is 0 Å². The highest BCUT2D eigenvalue weighted by Crippen LogP contribution is 2.20. The van der Waals surface area contributed by atoms with Crippen molar-refractivity contribution in [3.8, 4) is 17.2 Å². The Bertz CT molecular complexity index is 899. The van der Waals surface area contributed by atoms with Crippen molar-refractivity contribution >= 4 is 5.91 Å². The molecule has 1 amide bonds. The molecule has 0 spiro atoms. The molecular weight excluding hydrogens is 348 g/mol. The molecule has 0 saturated heterocycles. The first-order chi connectivity index (χ1) is 12.5. The van der Waals surface area contributed by atoms with Crippen LogP contribution in [0, 0.1) is 0 Å². The fourth-order valence-corrected chi connectivity index (χ4v) is 2.20. The van der Waals surface area contributed by atoms with Crippen LogP contribution in [-0.2, 0) is 6.61 Å². The predicted octanol–water partition coefficient (Wildman–Crippen LogP) is 1.94. The molecular formula is C16H13F2N5O3. The van der Waals surface area contributed by atoms with E-state index in [0.29, 0.717) is 17.3 Å². The molecule has 0 fully saturated rings. The Hall–Kier alpha value is -3.56. The number of rotatable bonds is 7. The zero-order chi connectivity index (χ0) is 18.5. The maximum Gasteiger partial charge on any atom is 0.387 e. The molecule has 1 aromatic heterocycles. The highest BCUT2D eigenvalue weighted by atomic mass is 19.3. The SMILES string of the molecule is NC(=O)c1ccccc1OCc1nnnn1-c1ccc(OC(F)F)cc1. The Morgan fingerprint density at radius 2 is 1.88 bits per heavy atom. The molecule has 0 aliphatic heterocycles. The summed E-state index contributed by atoms with van der Waals surface area (Å²) in [5.74, 6) is 0.0434. The Morgan fingerprint density at radius 3 is 2.58 bits per heavy atom. The summed E-state index contributed by atoms with van der Waals surface area (Å²) in [6.07, 6.45) is 0. The number of para-hydroxylation sites is 1. The molecule has 2 N–H and O–H groups in total. The van der Waals surface area contributed by atoms with Gasteiger partial charge in [-0.15, -0.1) is 5.10 Å². The number of hydrogen-bond donors (Lipinski definition) is 1. The first-order valence-corrected chi connectivity index (χ1v) is 7.38. The summed E-state index contributed by atoms with van der Waals surface area (Å²) in [5, 5.41) is 11.3. The molecule has 0 radical (unpaired) electrons. The molecule has 8 nitrogen and oxygen atoms in total. The second-order valence-electron chi connectivity index (χ2n) is 5.03. The normalized spacial score (nSPS) is 10.7.